The minimum Gasteiger partial charge on any atom is -0.469 e. The van der Waals surface area contributed by atoms with E-state index in [1.165, 1.54) is 14.2 Å². The average molecular weight is 330 g/mol. The second kappa shape index (κ2) is 7.29. The summed E-state index contributed by atoms with van der Waals surface area (Å²) >= 11 is 3.16. The molecule has 0 bridgehead atoms. The SMILES string of the molecule is COCCSc1sc2c(c1C(=O)OC)CC(C(=O)OC)C2. The monoisotopic (exact) mass is 330 g/mol. The summed E-state index contributed by atoms with van der Waals surface area (Å²) in [7, 11) is 4.42. The van der Waals surface area contributed by atoms with Gasteiger partial charge in [0, 0.05) is 17.7 Å². The predicted molar refractivity (Wildman–Crippen MR) is 81.2 cm³/mol. The number of carbonyl (C=O) groups is 2. The molecule has 0 aromatic carbocycles. The van der Waals surface area contributed by atoms with E-state index >= 15 is 0 Å². The summed E-state index contributed by atoms with van der Waals surface area (Å²) in [6, 6.07) is 0. The molecule has 1 atom stereocenters. The highest BCUT2D eigenvalue weighted by atomic mass is 32.2. The van der Waals surface area contributed by atoms with Gasteiger partial charge in [0.15, 0.2) is 0 Å². The van der Waals surface area contributed by atoms with Gasteiger partial charge in [-0.15, -0.1) is 23.1 Å². The summed E-state index contributed by atoms with van der Waals surface area (Å²) in [4.78, 5) is 24.8. The van der Waals surface area contributed by atoms with E-state index in [2.05, 4.69) is 0 Å². The molecule has 2 rings (SSSR count). The molecule has 0 saturated carbocycles. The molecule has 1 aromatic heterocycles. The standard InChI is InChI=1S/C14H18O5S2/c1-17-4-5-20-14-11(13(16)19-3)9-6-8(12(15)18-2)7-10(9)21-14/h8H,4-7H2,1-3H3. The Hall–Kier alpha value is -1.05. The largest absolute Gasteiger partial charge is 0.469 e. The van der Waals surface area contributed by atoms with Crippen LogP contribution in [0.5, 0.6) is 0 Å². The van der Waals surface area contributed by atoms with Crippen LogP contribution in [-0.2, 0) is 31.8 Å². The van der Waals surface area contributed by atoms with Gasteiger partial charge in [-0.25, -0.2) is 4.79 Å². The van der Waals surface area contributed by atoms with Crippen LogP contribution in [0.2, 0.25) is 0 Å². The number of esters is 2. The van der Waals surface area contributed by atoms with Crippen LogP contribution < -0.4 is 0 Å². The van der Waals surface area contributed by atoms with Gasteiger partial charge in [0.1, 0.15) is 0 Å². The second-order valence-electron chi connectivity index (χ2n) is 4.63. The van der Waals surface area contributed by atoms with E-state index < -0.39 is 0 Å². The zero-order valence-electron chi connectivity index (χ0n) is 12.3. The Kier molecular flexibility index (Phi) is 5.66. The first-order chi connectivity index (χ1) is 10.1. The first kappa shape index (κ1) is 16.3. The fraction of sp³-hybridized carbons (Fsp3) is 0.571. The molecule has 0 spiro atoms. The lowest BCUT2D eigenvalue weighted by atomic mass is 10.1. The molecule has 116 valence electrons. The summed E-state index contributed by atoms with van der Waals surface area (Å²) in [5.74, 6) is 0.0405. The smallest absolute Gasteiger partial charge is 0.340 e. The number of hydrogen-bond acceptors (Lipinski definition) is 7. The maximum atomic E-state index is 12.1. The van der Waals surface area contributed by atoms with Crippen molar-refractivity contribution in [3.8, 4) is 0 Å². The molecular weight excluding hydrogens is 312 g/mol. The summed E-state index contributed by atoms with van der Waals surface area (Å²) < 4.78 is 15.7. The van der Waals surface area contributed by atoms with Gasteiger partial charge in [0.05, 0.1) is 36.5 Å². The Morgan fingerprint density at radius 1 is 1.24 bits per heavy atom. The Labute approximate surface area is 132 Å². The zero-order chi connectivity index (χ0) is 15.4. The Bertz CT molecular complexity index is 538. The average Bonchev–Trinajstić information content (AvgIpc) is 3.03. The molecule has 1 aliphatic carbocycles. The predicted octanol–water partition coefficient (Wildman–Crippen LogP) is 2.16. The van der Waals surface area contributed by atoms with Crippen molar-refractivity contribution in [1.29, 1.82) is 0 Å². The molecule has 0 radical (unpaired) electrons. The number of thioether (sulfide) groups is 1. The lowest BCUT2D eigenvalue weighted by Crippen LogP contribution is -2.16. The molecule has 1 aromatic rings. The number of ether oxygens (including phenoxy) is 3. The minimum absolute atomic E-state index is 0.183. The number of rotatable bonds is 6. The van der Waals surface area contributed by atoms with Crippen LogP contribution in [0.1, 0.15) is 20.8 Å². The van der Waals surface area contributed by atoms with E-state index in [0.717, 1.165) is 20.4 Å². The van der Waals surface area contributed by atoms with E-state index in [-0.39, 0.29) is 17.9 Å². The van der Waals surface area contributed by atoms with Crippen LogP contribution in [0.15, 0.2) is 4.21 Å². The molecule has 1 aliphatic rings. The Morgan fingerprint density at radius 3 is 2.62 bits per heavy atom. The van der Waals surface area contributed by atoms with Gasteiger partial charge >= 0.3 is 11.9 Å². The van der Waals surface area contributed by atoms with Gasteiger partial charge in [-0.05, 0) is 18.4 Å². The maximum absolute atomic E-state index is 12.1. The van der Waals surface area contributed by atoms with Gasteiger partial charge < -0.3 is 14.2 Å². The first-order valence-electron chi connectivity index (χ1n) is 6.54. The molecule has 0 aliphatic heterocycles. The number of methoxy groups -OCH3 is 3. The normalized spacial score (nSPS) is 16.6. The fourth-order valence-corrected chi connectivity index (χ4v) is 5.07. The Morgan fingerprint density at radius 2 is 2.00 bits per heavy atom. The van der Waals surface area contributed by atoms with Crippen molar-refractivity contribution in [3.05, 3.63) is 16.0 Å². The molecule has 0 fully saturated rings. The number of carbonyl (C=O) groups excluding carboxylic acids is 2. The van der Waals surface area contributed by atoms with Gasteiger partial charge in [-0.1, -0.05) is 0 Å². The molecule has 0 N–H and O–H groups in total. The van der Waals surface area contributed by atoms with Crippen molar-refractivity contribution in [2.75, 3.05) is 33.7 Å². The van der Waals surface area contributed by atoms with Crippen LogP contribution in [0.25, 0.3) is 0 Å². The quantitative estimate of drug-likeness (QED) is 0.452. The second-order valence-corrected chi connectivity index (χ2v) is 7.10. The van der Waals surface area contributed by atoms with Crippen LogP contribution in [-0.4, -0.2) is 45.6 Å². The van der Waals surface area contributed by atoms with Crippen molar-refractivity contribution in [1.82, 2.24) is 0 Å². The topological polar surface area (TPSA) is 61.8 Å². The van der Waals surface area contributed by atoms with Crippen LogP contribution >= 0.6 is 23.1 Å². The van der Waals surface area contributed by atoms with E-state index in [1.807, 2.05) is 0 Å². The molecule has 1 heterocycles. The fourth-order valence-electron chi connectivity index (χ4n) is 2.37. The van der Waals surface area contributed by atoms with Crippen LogP contribution in [0.4, 0.5) is 0 Å². The summed E-state index contributed by atoms with van der Waals surface area (Å²) in [6.07, 6.45) is 1.19. The molecule has 1 unspecified atom stereocenters. The molecule has 0 saturated heterocycles. The van der Waals surface area contributed by atoms with Crippen molar-refractivity contribution in [3.63, 3.8) is 0 Å². The highest BCUT2D eigenvalue weighted by Gasteiger charge is 2.35. The van der Waals surface area contributed by atoms with Crippen molar-refractivity contribution >= 4 is 35.0 Å². The van der Waals surface area contributed by atoms with E-state index in [1.54, 1.807) is 30.2 Å². The highest BCUT2D eigenvalue weighted by molar-refractivity contribution is 8.01. The van der Waals surface area contributed by atoms with Gasteiger partial charge in [-0.2, -0.15) is 0 Å². The van der Waals surface area contributed by atoms with Crippen molar-refractivity contribution in [2.24, 2.45) is 5.92 Å². The first-order valence-corrected chi connectivity index (χ1v) is 8.35. The Balaban J connectivity index is 2.23. The maximum Gasteiger partial charge on any atom is 0.340 e. The number of thiophene rings is 1. The van der Waals surface area contributed by atoms with E-state index in [4.69, 9.17) is 14.2 Å². The molecular formula is C14H18O5S2. The molecule has 7 heteroatoms. The molecule has 0 amide bonds. The lowest BCUT2D eigenvalue weighted by Gasteiger charge is -2.08. The van der Waals surface area contributed by atoms with Gasteiger partial charge in [0.25, 0.3) is 0 Å². The summed E-state index contributed by atoms with van der Waals surface area (Å²) in [5, 5.41) is 0. The zero-order valence-corrected chi connectivity index (χ0v) is 13.9. The van der Waals surface area contributed by atoms with Gasteiger partial charge in [0.2, 0.25) is 0 Å². The van der Waals surface area contributed by atoms with Crippen molar-refractivity contribution < 1.29 is 23.8 Å². The molecule has 5 nitrogen and oxygen atoms in total. The van der Waals surface area contributed by atoms with E-state index in [0.29, 0.717) is 25.0 Å². The third-order valence-electron chi connectivity index (χ3n) is 3.39. The lowest BCUT2D eigenvalue weighted by molar-refractivity contribution is -0.145. The van der Waals surface area contributed by atoms with E-state index in [9.17, 15) is 9.59 Å². The number of fused-ring (bicyclic) bond motifs is 1. The number of hydrogen-bond donors (Lipinski definition) is 0. The van der Waals surface area contributed by atoms with Crippen molar-refractivity contribution in [2.45, 2.75) is 17.1 Å². The van der Waals surface area contributed by atoms with Gasteiger partial charge in [-0.3, -0.25) is 4.79 Å². The van der Waals surface area contributed by atoms with Crippen LogP contribution in [0, 0.1) is 5.92 Å². The van der Waals surface area contributed by atoms with Crippen LogP contribution in [0.3, 0.4) is 0 Å². The molecule has 21 heavy (non-hydrogen) atoms. The summed E-state index contributed by atoms with van der Waals surface area (Å²) in [5.41, 5.74) is 1.56. The minimum atomic E-state index is -0.335. The summed E-state index contributed by atoms with van der Waals surface area (Å²) in [6.45, 7) is 0.624. The third-order valence-corrected chi connectivity index (χ3v) is 5.87. The highest BCUT2D eigenvalue weighted by Crippen LogP contribution is 2.43. The third kappa shape index (κ3) is 3.41.